The number of hydrogen-bond acceptors (Lipinski definition) is 4. The van der Waals surface area contributed by atoms with Crippen molar-refractivity contribution >= 4 is 10.4 Å². The molecule has 0 bridgehead atoms. The summed E-state index contributed by atoms with van der Waals surface area (Å²) in [4.78, 5) is 0. The molecule has 0 aliphatic carbocycles. The first kappa shape index (κ1) is 8.96. The summed E-state index contributed by atoms with van der Waals surface area (Å²) in [6, 6.07) is 0. The average Bonchev–Trinajstić information content (AvgIpc) is 1.84. The molecule has 0 aromatic heterocycles. The van der Waals surface area contributed by atoms with Crippen LogP contribution in [0.2, 0.25) is 0 Å². The molecule has 0 aromatic rings. The zero-order chi connectivity index (χ0) is 8.32. The maximum Gasteiger partial charge on any atom is 0.404 e. The highest BCUT2D eigenvalue weighted by molar-refractivity contribution is 7.82. The summed E-state index contributed by atoms with van der Waals surface area (Å²) in [5.41, 5.74) is 0. The van der Waals surface area contributed by atoms with Gasteiger partial charge in [0.1, 0.15) is 0 Å². The lowest BCUT2D eigenvalue weighted by atomic mass is 10.2. The molecule has 1 saturated heterocycles. The van der Waals surface area contributed by atoms with Crippen LogP contribution in [0.3, 0.4) is 0 Å². The molecule has 1 aliphatic heterocycles. The highest BCUT2D eigenvalue weighted by atomic mass is 32.3. The number of unbranched alkanes of at least 4 members (excludes halogenated alkanes) is 2. The minimum atomic E-state index is -3.57. The minimum absolute atomic E-state index is 0.508. The van der Waals surface area contributed by atoms with Gasteiger partial charge >= 0.3 is 10.4 Å². The summed E-state index contributed by atoms with van der Waals surface area (Å²) in [6.45, 7) is 2.08. The van der Waals surface area contributed by atoms with Crippen LogP contribution in [0.5, 0.6) is 0 Å². The molecule has 0 unspecified atom stereocenters. The molecule has 1 rings (SSSR count). The van der Waals surface area contributed by atoms with E-state index in [9.17, 15) is 8.42 Å². The fourth-order valence-electron chi connectivity index (χ4n) is 0.927. The summed E-state index contributed by atoms with van der Waals surface area (Å²) in [5.74, 6) is 0. The highest BCUT2D eigenvalue weighted by Gasteiger charge is 2.35. The van der Waals surface area contributed by atoms with Gasteiger partial charge in [-0.05, 0) is 6.42 Å². The average molecular weight is 180 g/mol. The molecule has 1 fully saturated rings. The minimum Gasteiger partial charge on any atom is -0.215 e. The smallest absolute Gasteiger partial charge is 0.215 e. The van der Waals surface area contributed by atoms with Gasteiger partial charge < -0.3 is 0 Å². The number of rotatable bonds is 4. The Morgan fingerprint density at radius 3 is 2.36 bits per heavy atom. The van der Waals surface area contributed by atoms with Crippen LogP contribution in [0.1, 0.15) is 32.6 Å². The predicted octanol–water partition coefficient (Wildman–Crippen LogP) is 1.18. The van der Waals surface area contributed by atoms with Gasteiger partial charge in [0.25, 0.3) is 0 Å². The molecule has 0 amide bonds. The van der Waals surface area contributed by atoms with Crippen molar-refractivity contribution in [2.75, 3.05) is 0 Å². The van der Waals surface area contributed by atoms with E-state index in [1.165, 1.54) is 0 Å². The maximum atomic E-state index is 10.3. The Morgan fingerprint density at radius 1 is 1.27 bits per heavy atom. The fourth-order valence-corrected chi connectivity index (χ4v) is 1.66. The van der Waals surface area contributed by atoms with E-state index in [1.807, 2.05) is 0 Å². The third kappa shape index (κ3) is 2.76. The van der Waals surface area contributed by atoms with Gasteiger partial charge in [-0.1, -0.05) is 19.8 Å². The van der Waals surface area contributed by atoms with Crippen molar-refractivity contribution in [3.63, 3.8) is 0 Å². The summed E-state index contributed by atoms with van der Waals surface area (Å²) < 4.78 is 29.4. The molecule has 1 aliphatic rings. The number of hydrogen-bond donors (Lipinski definition) is 0. The van der Waals surface area contributed by atoms with Gasteiger partial charge in [-0.15, -0.1) is 0 Å². The van der Waals surface area contributed by atoms with E-state index in [-0.39, 0.29) is 0 Å². The Hall–Kier alpha value is -0.130. The summed E-state index contributed by atoms with van der Waals surface area (Å²) in [5, 5.41) is 0. The maximum absolute atomic E-state index is 10.3. The van der Waals surface area contributed by atoms with Crippen LogP contribution < -0.4 is 0 Å². The summed E-state index contributed by atoms with van der Waals surface area (Å²) >= 11 is 0. The first-order valence-electron chi connectivity index (χ1n) is 3.75. The van der Waals surface area contributed by atoms with E-state index in [2.05, 4.69) is 15.3 Å². The molecule has 5 heteroatoms. The van der Waals surface area contributed by atoms with Crippen molar-refractivity contribution in [2.24, 2.45) is 0 Å². The molecule has 1 heterocycles. The molecule has 0 atom stereocenters. The van der Waals surface area contributed by atoms with Crippen LogP contribution in [0.25, 0.3) is 0 Å². The molecule has 0 N–H and O–H groups in total. The monoisotopic (exact) mass is 180 g/mol. The lowest BCUT2D eigenvalue weighted by Crippen LogP contribution is -2.35. The van der Waals surface area contributed by atoms with E-state index in [0.29, 0.717) is 6.42 Å². The van der Waals surface area contributed by atoms with Crippen LogP contribution in [-0.4, -0.2) is 14.7 Å². The van der Waals surface area contributed by atoms with Gasteiger partial charge in [-0.25, -0.2) is 8.37 Å². The molecule has 0 aromatic carbocycles. The zero-order valence-electron chi connectivity index (χ0n) is 6.45. The molecule has 66 valence electrons. The van der Waals surface area contributed by atoms with Gasteiger partial charge in [-0.3, -0.25) is 0 Å². The Balaban J connectivity index is 2.05. The third-order valence-corrected chi connectivity index (χ3v) is 2.39. The van der Waals surface area contributed by atoms with E-state index in [4.69, 9.17) is 0 Å². The Bertz CT molecular complexity index is 197. The van der Waals surface area contributed by atoms with E-state index < -0.39 is 16.7 Å². The molecular formula is C6H12O4S. The van der Waals surface area contributed by atoms with Crippen LogP contribution in [-0.2, 0) is 18.8 Å². The Kier molecular flexibility index (Phi) is 2.86. The lowest BCUT2D eigenvalue weighted by Gasteiger charge is -2.24. The molecular weight excluding hydrogens is 168 g/mol. The van der Waals surface area contributed by atoms with Gasteiger partial charge in [0, 0.05) is 6.42 Å². The standard InChI is InChI=1S/C6H12O4S/c1-2-3-4-5-6-9-11(7,8)10-6/h6H,2-5H2,1H3. The molecule has 0 radical (unpaired) electrons. The molecule has 0 spiro atoms. The zero-order valence-corrected chi connectivity index (χ0v) is 7.26. The van der Waals surface area contributed by atoms with Crippen molar-refractivity contribution in [3.05, 3.63) is 0 Å². The van der Waals surface area contributed by atoms with Crippen molar-refractivity contribution in [1.82, 2.24) is 0 Å². The van der Waals surface area contributed by atoms with E-state index in [1.54, 1.807) is 0 Å². The van der Waals surface area contributed by atoms with Gasteiger partial charge in [0.15, 0.2) is 6.29 Å². The van der Waals surface area contributed by atoms with Crippen LogP contribution in [0, 0.1) is 0 Å². The largest absolute Gasteiger partial charge is 0.404 e. The Labute approximate surface area is 66.8 Å². The van der Waals surface area contributed by atoms with Crippen LogP contribution in [0.15, 0.2) is 0 Å². The van der Waals surface area contributed by atoms with Crippen LogP contribution in [0.4, 0.5) is 0 Å². The fraction of sp³-hybridized carbons (Fsp3) is 1.00. The van der Waals surface area contributed by atoms with Gasteiger partial charge in [-0.2, -0.15) is 8.42 Å². The second-order valence-electron chi connectivity index (χ2n) is 2.53. The first-order chi connectivity index (χ1) is 5.14. The van der Waals surface area contributed by atoms with Crippen molar-refractivity contribution in [3.8, 4) is 0 Å². The first-order valence-corrected chi connectivity index (χ1v) is 5.09. The van der Waals surface area contributed by atoms with E-state index in [0.717, 1.165) is 19.3 Å². The van der Waals surface area contributed by atoms with Crippen molar-refractivity contribution in [1.29, 1.82) is 0 Å². The molecule has 0 saturated carbocycles. The quantitative estimate of drug-likeness (QED) is 0.610. The van der Waals surface area contributed by atoms with Crippen molar-refractivity contribution in [2.45, 2.75) is 38.9 Å². The van der Waals surface area contributed by atoms with E-state index >= 15 is 0 Å². The highest BCUT2D eigenvalue weighted by Crippen LogP contribution is 2.22. The van der Waals surface area contributed by atoms with Crippen molar-refractivity contribution < 1.29 is 16.8 Å². The van der Waals surface area contributed by atoms with Crippen LogP contribution >= 0.6 is 0 Å². The topological polar surface area (TPSA) is 52.6 Å². The second-order valence-corrected chi connectivity index (χ2v) is 3.73. The summed E-state index contributed by atoms with van der Waals surface area (Å²) in [7, 11) is -3.57. The second kappa shape index (κ2) is 3.51. The third-order valence-electron chi connectivity index (χ3n) is 1.49. The SMILES string of the molecule is CCCCCC1OS(=O)(=O)O1. The predicted molar refractivity (Wildman–Crippen MR) is 39.0 cm³/mol. The molecule has 11 heavy (non-hydrogen) atoms. The molecule has 4 nitrogen and oxygen atoms in total. The lowest BCUT2D eigenvalue weighted by molar-refractivity contribution is -0.0842. The van der Waals surface area contributed by atoms with Gasteiger partial charge in [0.2, 0.25) is 0 Å². The summed E-state index contributed by atoms with van der Waals surface area (Å²) in [6.07, 6.45) is 3.32. The van der Waals surface area contributed by atoms with Gasteiger partial charge in [0.05, 0.1) is 0 Å². The normalized spacial score (nSPS) is 23.0. The Morgan fingerprint density at radius 2 is 1.91 bits per heavy atom.